The molecule has 0 aliphatic carbocycles. The lowest BCUT2D eigenvalue weighted by atomic mass is 9.98. The summed E-state index contributed by atoms with van der Waals surface area (Å²) in [5, 5.41) is 13.5. The zero-order valence-corrected chi connectivity index (χ0v) is 30.5. The molecule has 6 rings (SSSR count). The van der Waals surface area contributed by atoms with Gasteiger partial charge in [-0.05, 0) is 142 Å². The van der Waals surface area contributed by atoms with Gasteiger partial charge >= 0.3 is 6.18 Å². The number of aryl methyl sites for hydroxylation is 2. The van der Waals surface area contributed by atoms with Crippen LogP contribution in [0.1, 0.15) is 88.8 Å². The maximum Gasteiger partial charge on any atom is 0.416 e. The summed E-state index contributed by atoms with van der Waals surface area (Å²) in [5.74, 6) is -0.624. The molecule has 2 aliphatic rings. The Hall–Kier alpha value is -3.89. The molecule has 2 unspecified atom stereocenters. The second-order valence-electron chi connectivity index (χ2n) is 13.4. The van der Waals surface area contributed by atoms with E-state index >= 15 is 0 Å². The first-order valence-corrected chi connectivity index (χ1v) is 18.7. The second-order valence-corrected chi connectivity index (χ2v) is 14.2. The van der Waals surface area contributed by atoms with Crippen molar-refractivity contribution in [2.45, 2.75) is 82.5 Å². The minimum absolute atomic E-state index is 0.190. The molecule has 2 amide bonds. The van der Waals surface area contributed by atoms with Crippen LogP contribution in [0.25, 0.3) is 0 Å². The van der Waals surface area contributed by atoms with Gasteiger partial charge < -0.3 is 21.3 Å². The van der Waals surface area contributed by atoms with Crippen molar-refractivity contribution in [1.29, 1.82) is 0 Å². The number of nitrogens with one attached hydrogen (secondary N) is 4. The molecule has 4 aromatic carbocycles. The van der Waals surface area contributed by atoms with Crippen molar-refractivity contribution in [1.82, 2.24) is 10.6 Å². The van der Waals surface area contributed by atoms with Gasteiger partial charge in [-0.1, -0.05) is 60.3 Å². The SMILES string of the molecule is O=C(Nc1ccc(CCC2CCCCN2)cc1)c1ccc(C(F)(F)F)cc1.O=C(Nc1ccc(CCC2CCCCN2)cc1)c1ccc(Cl)c(Cl)c1. The van der Waals surface area contributed by atoms with Crippen LogP contribution >= 0.6 is 23.2 Å². The van der Waals surface area contributed by atoms with Crippen molar-refractivity contribution in [3.63, 3.8) is 0 Å². The van der Waals surface area contributed by atoms with E-state index in [1.165, 1.54) is 61.8 Å². The fourth-order valence-corrected chi connectivity index (χ4v) is 6.68. The highest BCUT2D eigenvalue weighted by molar-refractivity contribution is 6.42. The molecule has 2 aliphatic heterocycles. The molecular weight excluding hydrogens is 708 g/mol. The third-order valence-electron chi connectivity index (χ3n) is 9.47. The summed E-state index contributed by atoms with van der Waals surface area (Å²) >= 11 is 11.8. The fraction of sp³-hybridized carbons (Fsp3) is 0.366. The molecule has 2 saturated heterocycles. The number of amides is 2. The molecule has 0 saturated carbocycles. The molecule has 0 spiro atoms. The average Bonchev–Trinajstić information content (AvgIpc) is 3.16. The Bertz CT molecular complexity index is 1740. The van der Waals surface area contributed by atoms with Gasteiger partial charge in [0.2, 0.25) is 0 Å². The maximum absolute atomic E-state index is 12.6. The summed E-state index contributed by atoms with van der Waals surface area (Å²) in [6, 6.07) is 25.9. The van der Waals surface area contributed by atoms with Gasteiger partial charge in [0.05, 0.1) is 15.6 Å². The Morgan fingerprint density at radius 1 is 0.615 bits per heavy atom. The molecule has 0 bridgehead atoms. The van der Waals surface area contributed by atoms with Crippen LogP contribution in [0.4, 0.5) is 24.5 Å². The predicted molar refractivity (Wildman–Crippen MR) is 205 cm³/mol. The highest BCUT2D eigenvalue weighted by Gasteiger charge is 2.30. The second kappa shape index (κ2) is 19.3. The van der Waals surface area contributed by atoms with Crippen LogP contribution in [0.5, 0.6) is 0 Å². The quantitative estimate of drug-likeness (QED) is 0.130. The maximum atomic E-state index is 12.6. The third kappa shape index (κ3) is 12.4. The van der Waals surface area contributed by atoms with Gasteiger partial charge in [0.15, 0.2) is 0 Å². The first-order valence-electron chi connectivity index (χ1n) is 17.9. The minimum Gasteiger partial charge on any atom is -0.322 e. The normalized spacial score (nSPS) is 17.4. The molecule has 52 heavy (non-hydrogen) atoms. The Morgan fingerprint density at radius 3 is 1.50 bits per heavy atom. The van der Waals surface area contributed by atoms with Crippen molar-refractivity contribution in [3.05, 3.63) is 129 Å². The highest BCUT2D eigenvalue weighted by Crippen LogP contribution is 2.29. The van der Waals surface area contributed by atoms with E-state index in [1.54, 1.807) is 18.2 Å². The van der Waals surface area contributed by atoms with Gasteiger partial charge in [-0.2, -0.15) is 13.2 Å². The topological polar surface area (TPSA) is 82.3 Å². The molecule has 0 radical (unpaired) electrons. The standard InChI is InChI=1S/C21H23F3N2O.C20H22Cl2N2O/c22-21(23,24)17-9-7-16(8-10-17)20(27)26-19-12-5-15(6-13-19)4-11-18-3-1-2-14-25-18;21-18-11-7-15(13-19(18)22)20(25)24-17-9-5-14(6-10-17)4-8-16-3-1-2-12-23-16/h5-10,12-13,18,25H,1-4,11,14H2,(H,26,27);5-7,9-11,13,16,23H,1-4,8,12H2,(H,24,25). The summed E-state index contributed by atoms with van der Waals surface area (Å²) in [6.45, 7) is 2.24. The molecule has 0 aromatic heterocycles. The largest absolute Gasteiger partial charge is 0.416 e. The molecule has 2 atom stereocenters. The Labute approximate surface area is 313 Å². The Morgan fingerprint density at radius 2 is 1.08 bits per heavy atom. The Kier molecular flexibility index (Phi) is 14.6. The fourth-order valence-electron chi connectivity index (χ4n) is 6.39. The molecule has 276 valence electrons. The van der Waals surface area contributed by atoms with E-state index in [-0.39, 0.29) is 11.5 Å². The van der Waals surface area contributed by atoms with Crippen LogP contribution in [-0.4, -0.2) is 37.0 Å². The predicted octanol–water partition coefficient (Wildman–Crippen LogP) is 10.4. The zero-order chi connectivity index (χ0) is 36.9. The molecule has 2 fully saturated rings. The lowest BCUT2D eigenvalue weighted by molar-refractivity contribution is -0.137. The van der Waals surface area contributed by atoms with E-state index < -0.39 is 17.6 Å². The van der Waals surface area contributed by atoms with Gasteiger partial charge in [-0.3, -0.25) is 9.59 Å². The molecule has 4 aromatic rings. The minimum atomic E-state index is -4.40. The van der Waals surface area contributed by atoms with Gasteiger partial charge in [0, 0.05) is 34.6 Å². The summed E-state index contributed by atoms with van der Waals surface area (Å²) < 4.78 is 37.7. The van der Waals surface area contributed by atoms with Gasteiger partial charge in [0.25, 0.3) is 11.8 Å². The number of hydrogen-bond donors (Lipinski definition) is 4. The number of carbonyl (C=O) groups is 2. The molecular formula is C41H45Cl2F3N4O2. The van der Waals surface area contributed by atoms with E-state index in [9.17, 15) is 22.8 Å². The van der Waals surface area contributed by atoms with E-state index in [2.05, 4.69) is 33.4 Å². The zero-order valence-electron chi connectivity index (χ0n) is 29.0. The van der Waals surface area contributed by atoms with Gasteiger partial charge in [-0.15, -0.1) is 0 Å². The van der Waals surface area contributed by atoms with Crippen molar-refractivity contribution >= 4 is 46.4 Å². The van der Waals surface area contributed by atoms with Crippen molar-refractivity contribution in [2.75, 3.05) is 23.7 Å². The van der Waals surface area contributed by atoms with Crippen LogP contribution < -0.4 is 21.3 Å². The summed E-state index contributed by atoms with van der Waals surface area (Å²) in [6.07, 6.45) is 7.55. The monoisotopic (exact) mass is 752 g/mol. The van der Waals surface area contributed by atoms with E-state index in [1.807, 2.05) is 36.4 Å². The van der Waals surface area contributed by atoms with Crippen LogP contribution in [-0.2, 0) is 19.0 Å². The third-order valence-corrected chi connectivity index (χ3v) is 10.2. The van der Waals surface area contributed by atoms with Crippen molar-refractivity contribution in [2.24, 2.45) is 0 Å². The number of anilines is 2. The average molecular weight is 754 g/mol. The first kappa shape index (κ1) is 39.3. The molecule has 11 heteroatoms. The Balaban J connectivity index is 0.000000202. The van der Waals surface area contributed by atoms with Crippen LogP contribution in [0.3, 0.4) is 0 Å². The summed E-state index contributed by atoms with van der Waals surface area (Å²) in [7, 11) is 0. The van der Waals surface area contributed by atoms with E-state index in [4.69, 9.17) is 23.2 Å². The van der Waals surface area contributed by atoms with E-state index in [0.717, 1.165) is 56.6 Å². The number of carbonyl (C=O) groups excluding carboxylic acids is 2. The number of alkyl halides is 3. The van der Waals surface area contributed by atoms with E-state index in [0.29, 0.717) is 33.4 Å². The smallest absolute Gasteiger partial charge is 0.322 e. The molecule has 4 N–H and O–H groups in total. The summed E-state index contributed by atoms with van der Waals surface area (Å²) in [4.78, 5) is 24.5. The lowest BCUT2D eigenvalue weighted by Gasteiger charge is -2.23. The number of benzene rings is 4. The van der Waals surface area contributed by atoms with Crippen molar-refractivity contribution < 1.29 is 22.8 Å². The van der Waals surface area contributed by atoms with Crippen LogP contribution in [0.15, 0.2) is 91.0 Å². The highest BCUT2D eigenvalue weighted by atomic mass is 35.5. The molecule has 2 heterocycles. The first-order chi connectivity index (χ1) is 25.0. The lowest BCUT2D eigenvalue weighted by Crippen LogP contribution is -2.34. The van der Waals surface area contributed by atoms with Gasteiger partial charge in [-0.25, -0.2) is 0 Å². The number of piperidine rings is 2. The van der Waals surface area contributed by atoms with Crippen LogP contribution in [0, 0.1) is 0 Å². The van der Waals surface area contributed by atoms with Gasteiger partial charge in [0.1, 0.15) is 0 Å². The number of halogens is 5. The number of hydrogen-bond acceptors (Lipinski definition) is 4. The number of rotatable bonds is 10. The van der Waals surface area contributed by atoms with Crippen LogP contribution in [0.2, 0.25) is 10.0 Å². The summed E-state index contributed by atoms with van der Waals surface area (Å²) in [5.41, 5.74) is 3.80. The molecule has 6 nitrogen and oxygen atoms in total. The van der Waals surface area contributed by atoms with Crippen molar-refractivity contribution in [3.8, 4) is 0 Å².